The van der Waals surface area contributed by atoms with Crippen molar-refractivity contribution in [3.63, 3.8) is 0 Å². The van der Waals surface area contributed by atoms with E-state index < -0.39 is 0 Å². The van der Waals surface area contributed by atoms with E-state index in [4.69, 9.17) is 0 Å². The molecule has 0 aliphatic carbocycles. The summed E-state index contributed by atoms with van der Waals surface area (Å²) in [6, 6.07) is 7.92. The van der Waals surface area contributed by atoms with Gasteiger partial charge in [0.05, 0.1) is 0 Å². The van der Waals surface area contributed by atoms with E-state index in [0.29, 0.717) is 5.75 Å². The summed E-state index contributed by atoms with van der Waals surface area (Å²) < 4.78 is 0. The molecule has 0 bridgehead atoms. The number of benzene rings is 2. The highest BCUT2D eigenvalue weighted by molar-refractivity contribution is 5.91. The third kappa shape index (κ3) is 2.01. The highest BCUT2D eigenvalue weighted by Gasteiger charge is 2.11. The van der Waals surface area contributed by atoms with Crippen molar-refractivity contribution in [3.8, 4) is 5.75 Å². The first kappa shape index (κ1) is 11.9. The molecule has 0 spiro atoms. The maximum atomic E-state index is 9.78. The first-order chi connectivity index (χ1) is 8.04. The molecule has 0 amide bonds. The van der Waals surface area contributed by atoms with Gasteiger partial charge in [0.15, 0.2) is 0 Å². The number of phenolic OH excluding ortho intramolecular Hbond substituents is 1. The summed E-state index contributed by atoms with van der Waals surface area (Å²) in [4.78, 5) is 0. The number of phenols is 1. The van der Waals surface area contributed by atoms with Crippen LogP contribution in [0.1, 0.15) is 29.5 Å². The Labute approximate surface area is 102 Å². The van der Waals surface area contributed by atoms with Crippen LogP contribution < -0.4 is 0 Å². The van der Waals surface area contributed by atoms with E-state index in [-0.39, 0.29) is 12.5 Å². The molecular formula is C15H18O2. The Balaban J connectivity index is 2.80. The van der Waals surface area contributed by atoms with E-state index in [1.807, 2.05) is 39.0 Å². The molecule has 2 aromatic carbocycles. The minimum atomic E-state index is 0.113. The van der Waals surface area contributed by atoms with E-state index >= 15 is 0 Å². The number of aliphatic hydroxyl groups excluding tert-OH is 1. The van der Waals surface area contributed by atoms with Crippen LogP contribution in [0.5, 0.6) is 5.75 Å². The van der Waals surface area contributed by atoms with Gasteiger partial charge in [-0.05, 0) is 53.4 Å². The van der Waals surface area contributed by atoms with Crippen LogP contribution in [0.3, 0.4) is 0 Å². The van der Waals surface area contributed by atoms with Gasteiger partial charge in [-0.3, -0.25) is 0 Å². The SMILES string of the molecule is Cc1cc2c([C@H](C)CO)ccc(C)c2cc1O. The summed E-state index contributed by atoms with van der Waals surface area (Å²) in [6.45, 7) is 6.07. The summed E-state index contributed by atoms with van der Waals surface area (Å²) in [5.74, 6) is 0.441. The third-order valence-electron chi connectivity index (χ3n) is 3.39. The van der Waals surface area contributed by atoms with Gasteiger partial charge in [0, 0.05) is 12.5 Å². The lowest BCUT2D eigenvalue weighted by Crippen LogP contribution is -2.00. The Morgan fingerprint density at radius 3 is 2.41 bits per heavy atom. The first-order valence-corrected chi connectivity index (χ1v) is 5.88. The van der Waals surface area contributed by atoms with Crippen LogP contribution in [0.15, 0.2) is 24.3 Å². The van der Waals surface area contributed by atoms with Gasteiger partial charge in [-0.15, -0.1) is 0 Å². The monoisotopic (exact) mass is 230 g/mol. The summed E-state index contributed by atoms with van der Waals surface area (Å²) in [5.41, 5.74) is 3.15. The van der Waals surface area contributed by atoms with Crippen molar-refractivity contribution in [2.24, 2.45) is 0 Å². The number of aliphatic hydroxyl groups is 1. The normalized spacial score (nSPS) is 12.9. The molecule has 2 nitrogen and oxygen atoms in total. The Kier molecular flexibility index (Phi) is 3.07. The second kappa shape index (κ2) is 4.38. The van der Waals surface area contributed by atoms with Gasteiger partial charge in [0.2, 0.25) is 0 Å². The van der Waals surface area contributed by atoms with Crippen LogP contribution in [0, 0.1) is 13.8 Å². The van der Waals surface area contributed by atoms with Gasteiger partial charge in [-0.2, -0.15) is 0 Å². The number of hydrogen-bond donors (Lipinski definition) is 2. The predicted molar refractivity (Wildman–Crippen MR) is 70.6 cm³/mol. The van der Waals surface area contributed by atoms with Crippen molar-refractivity contribution >= 4 is 10.8 Å². The van der Waals surface area contributed by atoms with E-state index in [2.05, 4.69) is 6.07 Å². The second-order valence-electron chi connectivity index (χ2n) is 4.74. The lowest BCUT2D eigenvalue weighted by atomic mass is 9.92. The molecule has 1 atom stereocenters. The van der Waals surface area contributed by atoms with Crippen molar-refractivity contribution in [1.29, 1.82) is 0 Å². The van der Waals surface area contributed by atoms with Crippen LogP contribution in [-0.4, -0.2) is 16.8 Å². The van der Waals surface area contributed by atoms with Gasteiger partial charge < -0.3 is 10.2 Å². The molecule has 2 heteroatoms. The average Bonchev–Trinajstić information content (AvgIpc) is 2.31. The van der Waals surface area contributed by atoms with Crippen LogP contribution >= 0.6 is 0 Å². The van der Waals surface area contributed by atoms with Gasteiger partial charge in [-0.25, -0.2) is 0 Å². The van der Waals surface area contributed by atoms with Crippen molar-refractivity contribution < 1.29 is 10.2 Å². The zero-order valence-corrected chi connectivity index (χ0v) is 10.5. The van der Waals surface area contributed by atoms with Crippen LogP contribution in [0.4, 0.5) is 0 Å². The molecule has 0 aliphatic rings. The zero-order valence-electron chi connectivity index (χ0n) is 10.5. The molecule has 0 fully saturated rings. The van der Waals surface area contributed by atoms with Crippen molar-refractivity contribution in [3.05, 3.63) is 41.0 Å². The summed E-state index contributed by atoms with van der Waals surface area (Å²) >= 11 is 0. The molecule has 0 radical (unpaired) electrons. The maximum absolute atomic E-state index is 9.78. The zero-order chi connectivity index (χ0) is 12.6. The fourth-order valence-electron chi connectivity index (χ4n) is 2.18. The van der Waals surface area contributed by atoms with Gasteiger partial charge in [0.25, 0.3) is 0 Å². The second-order valence-corrected chi connectivity index (χ2v) is 4.74. The first-order valence-electron chi connectivity index (χ1n) is 5.88. The van der Waals surface area contributed by atoms with Crippen molar-refractivity contribution in [2.75, 3.05) is 6.61 Å². The largest absolute Gasteiger partial charge is 0.508 e. The van der Waals surface area contributed by atoms with Gasteiger partial charge in [-0.1, -0.05) is 19.1 Å². The predicted octanol–water partition coefficient (Wildman–Crippen LogP) is 3.26. The standard InChI is InChI=1S/C15H18O2/c1-9-4-5-12(11(3)8-16)14-6-10(2)15(17)7-13(9)14/h4-7,11,16-17H,8H2,1-3H3/t11-/m1/s1. The maximum Gasteiger partial charge on any atom is 0.119 e. The summed E-state index contributed by atoms with van der Waals surface area (Å²) in [5, 5.41) is 21.3. The smallest absolute Gasteiger partial charge is 0.119 e. The Morgan fingerprint density at radius 2 is 1.76 bits per heavy atom. The Hall–Kier alpha value is -1.54. The van der Waals surface area contributed by atoms with E-state index in [1.165, 1.54) is 0 Å². The van der Waals surface area contributed by atoms with Crippen LogP contribution in [0.2, 0.25) is 0 Å². The number of aryl methyl sites for hydroxylation is 2. The molecule has 0 unspecified atom stereocenters. The molecule has 0 aromatic heterocycles. The molecule has 90 valence electrons. The Bertz CT molecular complexity index is 558. The Morgan fingerprint density at radius 1 is 1.06 bits per heavy atom. The van der Waals surface area contributed by atoms with E-state index in [9.17, 15) is 10.2 Å². The number of rotatable bonds is 2. The fourth-order valence-corrected chi connectivity index (χ4v) is 2.18. The van der Waals surface area contributed by atoms with E-state index in [1.54, 1.807) is 0 Å². The number of hydrogen-bond acceptors (Lipinski definition) is 2. The minimum Gasteiger partial charge on any atom is -0.508 e. The topological polar surface area (TPSA) is 40.5 Å². The molecule has 2 aromatic rings. The lowest BCUT2D eigenvalue weighted by molar-refractivity contribution is 0.273. The van der Waals surface area contributed by atoms with Crippen LogP contribution in [-0.2, 0) is 0 Å². The molecular weight excluding hydrogens is 212 g/mol. The number of aromatic hydroxyl groups is 1. The van der Waals surface area contributed by atoms with Crippen molar-refractivity contribution in [2.45, 2.75) is 26.7 Å². The van der Waals surface area contributed by atoms with Crippen molar-refractivity contribution in [1.82, 2.24) is 0 Å². The quantitative estimate of drug-likeness (QED) is 0.831. The molecule has 0 heterocycles. The number of fused-ring (bicyclic) bond motifs is 1. The third-order valence-corrected chi connectivity index (χ3v) is 3.39. The molecule has 0 saturated carbocycles. The average molecular weight is 230 g/mol. The molecule has 2 N–H and O–H groups in total. The molecule has 17 heavy (non-hydrogen) atoms. The van der Waals surface area contributed by atoms with Gasteiger partial charge in [0.1, 0.15) is 5.75 Å². The fraction of sp³-hybridized carbons (Fsp3) is 0.333. The van der Waals surface area contributed by atoms with E-state index in [0.717, 1.165) is 27.5 Å². The summed E-state index contributed by atoms with van der Waals surface area (Å²) in [6.07, 6.45) is 0. The highest BCUT2D eigenvalue weighted by atomic mass is 16.3. The minimum absolute atomic E-state index is 0.113. The van der Waals surface area contributed by atoms with Gasteiger partial charge >= 0.3 is 0 Å². The summed E-state index contributed by atoms with van der Waals surface area (Å²) in [7, 11) is 0. The molecule has 0 saturated heterocycles. The lowest BCUT2D eigenvalue weighted by Gasteiger charge is -2.15. The van der Waals surface area contributed by atoms with Crippen LogP contribution in [0.25, 0.3) is 10.8 Å². The highest BCUT2D eigenvalue weighted by Crippen LogP contribution is 2.32. The molecule has 0 aliphatic heterocycles. The molecule has 2 rings (SSSR count).